The Morgan fingerprint density at radius 3 is 2.24 bits per heavy atom. The van der Waals surface area contributed by atoms with Gasteiger partial charge in [0, 0.05) is 0 Å². The maximum atomic E-state index is 10.4. The Hall–Kier alpha value is -1.55. The third-order valence-electron chi connectivity index (χ3n) is 2.08. The van der Waals surface area contributed by atoms with Crippen molar-refractivity contribution < 1.29 is 19.4 Å². The highest BCUT2D eigenvalue weighted by Gasteiger charge is 2.06. The van der Waals surface area contributed by atoms with E-state index in [1.165, 1.54) is 7.11 Å². The molecule has 0 amide bonds. The minimum Gasteiger partial charge on any atom is -0.497 e. The van der Waals surface area contributed by atoms with Crippen LogP contribution in [0.1, 0.15) is 19.8 Å². The first kappa shape index (κ1) is 15.4. The summed E-state index contributed by atoms with van der Waals surface area (Å²) in [4.78, 5) is 10.4. The Bertz CT molecular complexity index is 298. The molecule has 4 nitrogen and oxygen atoms in total. The van der Waals surface area contributed by atoms with Crippen molar-refractivity contribution in [3.63, 3.8) is 0 Å². The summed E-state index contributed by atoms with van der Waals surface area (Å²) in [7, 11) is 2.97. The summed E-state index contributed by atoms with van der Waals surface area (Å²) in [6.07, 6.45) is 0.152. The van der Waals surface area contributed by atoms with Crippen LogP contribution >= 0.6 is 0 Å². The molecule has 0 aliphatic heterocycles. The van der Waals surface area contributed by atoms with Gasteiger partial charge < -0.3 is 14.6 Å². The molecule has 0 aliphatic rings. The van der Waals surface area contributed by atoms with Crippen LogP contribution in [0.4, 0.5) is 0 Å². The largest absolute Gasteiger partial charge is 0.497 e. The third-order valence-corrected chi connectivity index (χ3v) is 2.08. The molecular formula is C13H20O4. The summed E-state index contributed by atoms with van der Waals surface area (Å²) in [5, 5.41) is 8.86. The first-order chi connectivity index (χ1) is 8.13. The predicted molar refractivity (Wildman–Crippen MR) is 65.9 cm³/mol. The van der Waals surface area contributed by atoms with Gasteiger partial charge in [-0.15, -0.1) is 0 Å². The number of hydrogen-bond donors (Lipinski definition) is 1. The molecule has 0 heterocycles. The third kappa shape index (κ3) is 8.28. The lowest BCUT2D eigenvalue weighted by Gasteiger charge is -2.03. The molecule has 1 N–H and O–H groups in total. The maximum Gasteiger partial charge on any atom is 0.308 e. The van der Waals surface area contributed by atoms with Gasteiger partial charge in [0.25, 0.3) is 0 Å². The summed E-state index contributed by atoms with van der Waals surface area (Å²) in [5.41, 5.74) is 0. The van der Waals surface area contributed by atoms with Crippen molar-refractivity contribution >= 4 is 5.97 Å². The average Bonchev–Trinajstić information content (AvgIpc) is 2.40. The fourth-order valence-electron chi connectivity index (χ4n) is 0.977. The number of ether oxygens (including phenoxy) is 2. The summed E-state index contributed by atoms with van der Waals surface area (Å²) in [6.45, 7) is 1.81. The van der Waals surface area contributed by atoms with E-state index in [2.05, 4.69) is 4.74 Å². The second-order valence-corrected chi connectivity index (χ2v) is 3.36. The van der Waals surface area contributed by atoms with E-state index < -0.39 is 6.10 Å². The molecule has 1 atom stereocenters. The first-order valence-corrected chi connectivity index (χ1v) is 5.47. The van der Waals surface area contributed by atoms with Gasteiger partial charge in [-0.1, -0.05) is 25.1 Å². The zero-order valence-electron chi connectivity index (χ0n) is 10.6. The molecule has 4 heteroatoms. The average molecular weight is 240 g/mol. The number of para-hydroxylation sites is 1. The van der Waals surface area contributed by atoms with Gasteiger partial charge in [-0.25, -0.2) is 0 Å². The molecule has 0 fully saturated rings. The minimum absolute atomic E-state index is 0.104. The Kier molecular flexibility index (Phi) is 8.78. The highest BCUT2D eigenvalue weighted by Crippen LogP contribution is 2.05. The normalized spacial score (nSPS) is 10.8. The zero-order valence-corrected chi connectivity index (χ0v) is 10.6. The van der Waals surface area contributed by atoms with E-state index in [9.17, 15) is 4.79 Å². The van der Waals surface area contributed by atoms with Crippen molar-refractivity contribution in [2.75, 3.05) is 14.2 Å². The molecule has 1 aromatic carbocycles. The van der Waals surface area contributed by atoms with Gasteiger partial charge in [-0.2, -0.15) is 0 Å². The van der Waals surface area contributed by atoms with Gasteiger partial charge in [0.15, 0.2) is 0 Å². The van der Waals surface area contributed by atoms with E-state index in [0.29, 0.717) is 6.42 Å². The highest BCUT2D eigenvalue weighted by molar-refractivity contribution is 5.69. The molecule has 1 rings (SSSR count). The van der Waals surface area contributed by atoms with Crippen LogP contribution in [0.2, 0.25) is 0 Å². The Balaban J connectivity index is 0.000000302. The first-order valence-electron chi connectivity index (χ1n) is 5.47. The highest BCUT2D eigenvalue weighted by atomic mass is 16.5. The van der Waals surface area contributed by atoms with Crippen LogP contribution in [0.5, 0.6) is 5.75 Å². The molecule has 0 saturated heterocycles. The van der Waals surface area contributed by atoms with E-state index in [-0.39, 0.29) is 12.4 Å². The van der Waals surface area contributed by atoms with Crippen molar-refractivity contribution in [3.05, 3.63) is 30.3 Å². The summed E-state index contributed by atoms with van der Waals surface area (Å²) in [5.74, 6) is 0.553. The number of aliphatic hydroxyl groups excluding tert-OH is 1. The van der Waals surface area contributed by atoms with Gasteiger partial charge in [0.1, 0.15) is 5.75 Å². The lowest BCUT2D eigenvalue weighted by Crippen LogP contribution is -2.12. The Labute approximate surface area is 102 Å². The second kappa shape index (κ2) is 9.66. The smallest absolute Gasteiger partial charge is 0.308 e. The number of carbonyl (C=O) groups is 1. The topological polar surface area (TPSA) is 55.8 Å². The fourth-order valence-corrected chi connectivity index (χ4v) is 0.977. The quantitative estimate of drug-likeness (QED) is 0.818. The fraction of sp³-hybridized carbons (Fsp3) is 0.462. The van der Waals surface area contributed by atoms with Gasteiger partial charge in [-0.05, 0) is 18.6 Å². The molecule has 0 aliphatic carbocycles. The molecule has 17 heavy (non-hydrogen) atoms. The molecular weight excluding hydrogens is 220 g/mol. The lowest BCUT2D eigenvalue weighted by atomic mass is 10.2. The van der Waals surface area contributed by atoms with Crippen molar-refractivity contribution in [1.29, 1.82) is 0 Å². The van der Waals surface area contributed by atoms with E-state index in [0.717, 1.165) is 5.75 Å². The number of benzene rings is 1. The molecule has 0 bridgehead atoms. The van der Waals surface area contributed by atoms with Crippen LogP contribution in [0.3, 0.4) is 0 Å². The SMILES string of the molecule is CCC(O)CC(=O)OC.COc1ccccc1. The van der Waals surface area contributed by atoms with Gasteiger partial charge in [0.2, 0.25) is 0 Å². The molecule has 0 radical (unpaired) electrons. The van der Waals surface area contributed by atoms with Crippen molar-refractivity contribution in [2.24, 2.45) is 0 Å². The van der Waals surface area contributed by atoms with E-state index in [4.69, 9.17) is 9.84 Å². The number of methoxy groups -OCH3 is 2. The standard InChI is InChI=1S/C7H8O.C6H12O3/c1-8-7-5-3-2-4-6-7;1-3-5(7)4-6(8)9-2/h2-6H,1H3;5,7H,3-4H2,1-2H3. The van der Waals surface area contributed by atoms with Crippen LogP contribution in [0, 0.1) is 0 Å². The Morgan fingerprint density at radius 1 is 1.29 bits per heavy atom. The number of rotatable bonds is 4. The van der Waals surface area contributed by atoms with Crippen molar-refractivity contribution in [2.45, 2.75) is 25.9 Å². The molecule has 1 unspecified atom stereocenters. The van der Waals surface area contributed by atoms with E-state index >= 15 is 0 Å². The van der Waals surface area contributed by atoms with Crippen LogP contribution in [-0.4, -0.2) is 31.4 Å². The van der Waals surface area contributed by atoms with Crippen LogP contribution < -0.4 is 4.74 Å². The number of hydrogen-bond acceptors (Lipinski definition) is 4. The van der Waals surface area contributed by atoms with Gasteiger partial charge in [-0.3, -0.25) is 4.79 Å². The summed E-state index contributed by atoms with van der Waals surface area (Å²) >= 11 is 0. The molecule has 0 saturated carbocycles. The van der Waals surface area contributed by atoms with Crippen LogP contribution in [-0.2, 0) is 9.53 Å². The van der Waals surface area contributed by atoms with Crippen LogP contribution in [0.25, 0.3) is 0 Å². The lowest BCUT2D eigenvalue weighted by molar-refractivity contribution is -0.142. The van der Waals surface area contributed by atoms with Crippen molar-refractivity contribution in [1.82, 2.24) is 0 Å². The maximum absolute atomic E-state index is 10.4. The van der Waals surface area contributed by atoms with Gasteiger partial charge in [0.05, 0.1) is 26.7 Å². The van der Waals surface area contributed by atoms with E-state index in [1.807, 2.05) is 37.3 Å². The van der Waals surface area contributed by atoms with Crippen molar-refractivity contribution in [3.8, 4) is 5.75 Å². The molecule has 0 aromatic heterocycles. The van der Waals surface area contributed by atoms with E-state index in [1.54, 1.807) is 7.11 Å². The summed E-state index contributed by atoms with van der Waals surface area (Å²) < 4.78 is 9.24. The minimum atomic E-state index is -0.544. The monoisotopic (exact) mass is 240 g/mol. The van der Waals surface area contributed by atoms with Gasteiger partial charge >= 0.3 is 5.97 Å². The zero-order chi connectivity index (χ0) is 13.1. The second-order valence-electron chi connectivity index (χ2n) is 3.36. The Morgan fingerprint density at radius 2 is 1.88 bits per heavy atom. The molecule has 0 spiro atoms. The number of carbonyl (C=O) groups excluding carboxylic acids is 1. The predicted octanol–water partition coefficient (Wildman–Crippen LogP) is 2.02. The van der Waals surface area contributed by atoms with Crippen LogP contribution in [0.15, 0.2) is 30.3 Å². The summed E-state index contributed by atoms with van der Waals surface area (Å²) in [6, 6.07) is 9.68. The number of esters is 1. The number of aliphatic hydroxyl groups is 1. The molecule has 96 valence electrons. The molecule has 1 aromatic rings.